The molecule has 4 heteroatoms. The molecule has 1 rings (SSSR count). The van der Waals surface area contributed by atoms with Crippen molar-refractivity contribution < 1.29 is 4.74 Å². The lowest BCUT2D eigenvalue weighted by Crippen LogP contribution is -1.91. The van der Waals surface area contributed by atoms with Gasteiger partial charge in [-0.15, -0.1) is 0 Å². The highest BCUT2D eigenvalue weighted by molar-refractivity contribution is 5.40. The Labute approximate surface area is 76.1 Å². The van der Waals surface area contributed by atoms with Crippen molar-refractivity contribution in [1.82, 2.24) is 0 Å². The summed E-state index contributed by atoms with van der Waals surface area (Å²) >= 11 is 0. The molecule has 0 fully saturated rings. The third-order valence-electron chi connectivity index (χ3n) is 1.36. The lowest BCUT2D eigenvalue weighted by atomic mass is 10.3. The molecule has 0 N–H and O–H groups in total. The lowest BCUT2D eigenvalue weighted by Gasteiger charge is -2.01. The fourth-order valence-corrected chi connectivity index (χ4v) is 0.816. The number of nitrogens with zero attached hydrogens (tertiary/aromatic N) is 3. The van der Waals surface area contributed by atoms with Crippen LogP contribution >= 0.6 is 0 Å². The Balaban J connectivity index is 2.68. The maximum atomic E-state index is 8.14. The van der Waals surface area contributed by atoms with Crippen molar-refractivity contribution in [3.8, 4) is 5.75 Å². The van der Waals surface area contributed by atoms with Gasteiger partial charge in [-0.2, -0.15) is 0 Å². The molecule has 0 aliphatic heterocycles. The minimum Gasteiger partial charge on any atom is -0.490 e. The van der Waals surface area contributed by atoms with Crippen LogP contribution in [0, 0.1) is 0 Å². The van der Waals surface area contributed by atoms with Crippen LogP contribution in [0.15, 0.2) is 42.0 Å². The molecular formula is C9H9N3O. The maximum Gasteiger partial charge on any atom is 0.119 e. The van der Waals surface area contributed by atoms with E-state index >= 15 is 0 Å². The van der Waals surface area contributed by atoms with E-state index < -0.39 is 0 Å². The molecule has 1 aromatic rings. The molecule has 0 amide bonds. The Bertz CT molecular complexity index is 325. The lowest BCUT2D eigenvalue weighted by molar-refractivity contribution is 0.363. The molecule has 0 heterocycles. The third-order valence-corrected chi connectivity index (χ3v) is 1.36. The van der Waals surface area contributed by atoms with E-state index in [1.165, 1.54) is 0 Å². The summed E-state index contributed by atoms with van der Waals surface area (Å²) in [6, 6.07) is 6.87. The first-order valence-electron chi connectivity index (χ1n) is 3.75. The summed E-state index contributed by atoms with van der Waals surface area (Å²) in [5, 5.41) is 3.43. The fourth-order valence-electron chi connectivity index (χ4n) is 0.816. The highest BCUT2D eigenvalue weighted by Crippen LogP contribution is 2.17. The van der Waals surface area contributed by atoms with Gasteiger partial charge in [-0.05, 0) is 29.8 Å². The first-order valence-corrected chi connectivity index (χ1v) is 3.75. The van der Waals surface area contributed by atoms with Crippen LogP contribution in [0.3, 0.4) is 0 Å². The second-order valence-electron chi connectivity index (χ2n) is 2.28. The van der Waals surface area contributed by atoms with Gasteiger partial charge in [-0.3, -0.25) is 0 Å². The molecule has 66 valence electrons. The third kappa shape index (κ3) is 2.89. The normalized spacial score (nSPS) is 8.62. The number of azide groups is 1. The van der Waals surface area contributed by atoms with Gasteiger partial charge in [0.05, 0.1) is 0 Å². The van der Waals surface area contributed by atoms with E-state index in [9.17, 15) is 0 Å². The topological polar surface area (TPSA) is 58.0 Å². The highest BCUT2D eigenvalue weighted by Gasteiger charge is 1.91. The summed E-state index contributed by atoms with van der Waals surface area (Å²) in [4.78, 5) is 2.67. The van der Waals surface area contributed by atoms with Gasteiger partial charge in [0.25, 0.3) is 0 Å². The van der Waals surface area contributed by atoms with Crippen molar-refractivity contribution in [2.24, 2.45) is 5.11 Å². The van der Waals surface area contributed by atoms with E-state index in [4.69, 9.17) is 10.3 Å². The Morgan fingerprint density at radius 1 is 1.46 bits per heavy atom. The Morgan fingerprint density at radius 2 is 2.15 bits per heavy atom. The molecule has 0 aliphatic rings. The minimum absolute atomic E-state index is 0.473. The summed E-state index contributed by atoms with van der Waals surface area (Å²) in [6.07, 6.45) is 1.67. The van der Waals surface area contributed by atoms with Gasteiger partial charge in [0.1, 0.15) is 12.4 Å². The molecule has 0 bridgehead atoms. The number of rotatable bonds is 4. The van der Waals surface area contributed by atoms with E-state index in [-0.39, 0.29) is 0 Å². The summed E-state index contributed by atoms with van der Waals surface area (Å²) in [6.45, 7) is 4.00. The van der Waals surface area contributed by atoms with E-state index in [0.717, 1.165) is 5.75 Å². The van der Waals surface area contributed by atoms with Crippen LogP contribution in [0.2, 0.25) is 0 Å². The molecule has 0 atom stereocenters. The van der Waals surface area contributed by atoms with E-state index in [1.807, 2.05) is 0 Å². The molecule has 1 aromatic carbocycles. The van der Waals surface area contributed by atoms with Crippen LogP contribution in [-0.4, -0.2) is 6.61 Å². The van der Waals surface area contributed by atoms with Gasteiger partial charge in [-0.1, -0.05) is 17.8 Å². The number of hydrogen-bond acceptors (Lipinski definition) is 2. The Hall–Kier alpha value is -1.93. The molecule has 0 saturated carbocycles. The smallest absolute Gasteiger partial charge is 0.119 e. The van der Waals surface area contributed by atoms with Crippen LogP contribution in [-0.2, 0) is 0 Å². The van der Waals surface area contributed by atoms with Crippen molar-refractivity contribution >= 4 is 5.69 Å². The number of ether oxygens (including phenoxy) is 1. The largest absolute Gasteiger partial charge is 0.490 e. The predicted octanol–water partition coefficient (Wildman–Crippen LogP) is 3.19. The Kier molecular flexibility index (Phi) is 3.42. The van der Waals surface area contributed by atoms with Crippen LogP contribution in [0.5, 0.6) is 5.75 Å². The van der Waals surface area contributed by atoms with Gasteiger partial charge < -0.3 is 4.74 Å². The summed E-state index contributed by atoms with van der Waals surface area (Å²) in [5.41, 5.74) is 8.72. The van der Waals surface area contributed by atoms with Gasteiger partial charge in [0, 0.05) is 10.6 Å². The monoisotopic (exact) mass is 175 g/mol. The molecule has 0 aliphatic carbocycles. The zero-order valence-electron chi connectivity index (χ0n) is 7.05. The summed E-state index contributed by atoms with van der Waals surface area (Å²) < 4.78 is 5.24. The van der Waals surface area contributed by atoms with Crippen molar-refractivity contribution in [2.45, 2.75) is 0 Å². The highest BCUT2D eigenvalue weighted by atomic mass is 16.5. The maximum absolute atomic E-state index is 8.14. The molecular weight excluding hydrogens is 166 g/mol. The van der Waals surface area contributed by atoms with Crippen LogP contribution in [0.25, 0.3) is 10.4 Å². The van der Waals surface area contributed by atoms with Gasteiger partial charge in [0.15, 0.2) is 0 Å². The average molecular weight is 175 g/mol. The molecule has 0 saturated heterocycles. The molecule has 0 aromatic heterocycles. The zero-order chi connectivity index (χ0) is 9.52. The molecule has 0 radical (unpaired) electrons. The zero-order valence-corrected chi connectivity index (χ0v) is 7.05. The van der Waals surface area contributed by atoms with E-state index in [2.05, 4.69) is 16.6 Å². The van der Waals surface area contributed by atoms with Crippen molar-refractivity contribution in [3.05, 3.63) is 47.4 Å². The average Bonchev–Trinajstić information content (AvgIpc) is 2.17. The van der Waals surface area contributed by atoms with Crippen molar-refractivity contribution in [3.63, 3.8) is 0 Å². The van der Waals surface area contributed by atoms with Gasteiger partial charge >= 0.3 is 0 Å². The first kappa shape index (κ1) is 9.16. The van der Waals surface area contributed by atoms with Gasteiger partial charge in [-0.25, -0.2) is 0 Å². The SMILES string of the molecule is C=CCOc1ccc(N=[N+]=[N-])cc1. The molecule has 13 heavy (non-hydrogen) atoms. The number of hydrogen-bond donors (Lipinski definition) is 0. The van der Waals surface area contributed by atoms with Crippen LogP contribution in [0.4, 0.5) is 5.69 Å². The minimum atomic E-state index is 0.473. The first-order chi connectivity index (χ1) is 6.36. The second-order valence-corrected chi connectivity index (χ2v) is 2.28. The molecule has 4 nitrogen and oxygen atoms in total. The van der Waals surface area contributed by atoms with Crippen molar-refractivity contribution in [1.29, 1.82) is 0 Å². The Morgan fingerprint density at radius 3 is 2.69 bits per heavy atom. The predicted molar refractivity (Wildman–Crippen MR) is 50.9 cm³/mol. The number of benzene rings is 1. The van der Waals surface area contributed by atoms with E-state index in [0.29, 0.717) is 12.3 Å². The van der Waals surface area contributed by atoms with Crippen LogP contribution in [0.1, 0.15) is 0 Å². The molecule has 0 unspecified atom stereocenters. The van der Waals surface area contributed by atoms with E-state index in [1.54, 1.807) is 30.3 Å². The summed E-state index contributed by atoms with van der Waals surface area (Å²) in [7, 11) is 0. The quantitative estimate of drug-likeness (QED) is 0.300. The van der Waals surface area contributed by atoms with Crippen molar-refractivity contribution in [2.75, 3.05) is 6.61 Å². The molecule has 0 spiro atoms. The van der Waals surface area contributed by atoms with Gasteiger partial charge in [0.2, 0.25) is 0 Å². The summed E-state index contributed by atoms with van der Waals surface area (Å²) in [5.74, 6) is 0.733. The van der Waals surface area contributed by atoms with Crippen LogP contribution < -0.4 is 4.74 Å². The second kappa shape index (κ2) is 4.85. The standard InChI is InChI=1S/C9H9N3O/c1-2-7-13-9-5-3-8(4-6-9)11-12-10/h2-6H,1,7H2. The fraction of sp³-hybridized carbons (Fsp3) is 0.111.